The molecule has 2 N–H and O–H groups in total. The summed E-state index contributed by atoms with van der Waals surface area (Å²) in [6, 6.07) is 6.92. The molecule has 2 aromatic rings. The summed E-state index contributed by atoms with van der Waals surface area (Å²) in [4.78, 5) is 24.5. The SMILES string of the molecule is CCc1nnc(NC(=O)c2ccccc2NC(=O)C(C)CC)s1. The molecule has 0 saturated heterocycles. The Hall–Kier alpha value is -2.28. The van der Waals surface area contributed by atoms with Gasteiger partial charge < -0.3 is 5.32 Å². The average Bonchev–Trinajstić information content (AvgIpc) is 3.02. The van der Waals surface area contributed by atoms with Gasteiger partial charge >= 0.3 is 0 Å². The van der Waals surface area contributed by atoms with Crippen molar-refractivity contribution in [1.82, 2.24) is 10.2 Å². The number of amides is 2. The quantitative estimate of drug-likeness (QED) is 0.850. The van der Waals surface area contributed by atoms with Gasteiger partial charge in [0.05, 0.1) is 11.3 Å². The molecule has 0 aliphatic carbocycles. The van der Waals surface area contributed by atoms with E-state index in [1.165, 1.54) is 11.3 Å². The van der Waals surface area contributed by atoms with Gasteiger partial charge in [0.25, 0.3) is 5.91 Å². The van der Waals surface area contributed by atoms with Gasteiger partial charge in [-0.1, -0.05) is 44.2 Å². The standard InChI is InChI=1S/C16H20N4O2S/c1-4-10(3)14(21)17-12-9-7-6-8-11(12)15(22)18-16-20-19-13(5-2)23-16/h6-10H,4-5H2,1-3H3,(H,17,21)(H,18,20,22). The molecule has 1 unspecified atom stereocenters. The molecular weight excluding hydrogens is 312 g/mol. The Kier molecular flexibility index (Phi) is 5.81. The number of aromatic nitrogens is 2. The van der Waals surface area contributed by atoms with Crippen molar-refractivity contribution in [3.05, 3.63) is 34.8 Å². The molecule has 0 aliphatic rings. The molecule has 0 aliphatic heterocycles. The molecule has 0 fully saturated rings. The second-order valence-corrected chi connectivity index (χ2v) is 6.21. The first kappa shape index (κ1) is 17.1. The maximum atomic E-state index is 12.4. The van der Waals surface area contributed by atoms with Crippen LogP contribution < -0.4 is 10.6 Å². The molecule has 1 heterocycles. The first-order valence-electron chi connectivity index (χ1n) is 7.58. The zero-order valence-corrected chi connectivity index (χ0v) is 14.2. The number of anilines is 2. The highest BCUT2D eigenvalue weighted by Crippen LogP contribution is 2.20. The lowest BCUT2D eigenvalue weighted by atomic mass is 10.1. The van der Waals surface area contributed by atoms with Crippen LogP contribution in [0.3, 0.4) is 0 Å². The number of hydrogen-bond acceptors (Lipinski definition) is 5. The van der Waals surface area contributed by atoms with Gasteiger partial charge in [-0.25, -0.2) is 0 Å². The van der Waals surface area contributed by atoms with Crippen LogP contribution >= 0.6 is 11.3 Å². The number of benzene rings is 1. The molecule has 23 heavy (non-hydrogen) atoms. The lowest BCUT2D eigenvalue weighted by Gasteiger charge is -2.13. The average molecular weight is 332 g/mol. The summed E-state index contributed by atoms with van der Waals surface area (Å²) in [5, 5.41) is 14.8. The molecule has 1 atom stereocenters. The van der Waals surface area contributed by atoms with Gasteiger partial charge in [-0.15, -0.1) is 10.2 Å². The van der Waals surface area contributed by atoms with Crippen LogP contribution in [0.15, 0.2) is 24.3 Å². The Morgan fingerprint density at radius 2 is 1.91 bits per heavy atom. The Balaban J connectivity index is 2.15. The van der Waals surface area contributed by atoms with Gasteiger partial charge in [-0.05, 0) is 25.0 Å². The molecule has 6 nitrogen and oxygen atoms in total. The lowest BCUT2D eigenvalue weighted by Crippen LogP contribution is -2.22. The number of aryl methyl sites for hydroxylation is 1. The minimum absolute atomic E-state index is 0.100. The molecule has 0 bridgehead atoms. The number of nitrogens with one attached hydrogen (secondary N) is 2. The zero-order chi connectivity index (χ0) is 16.8. The van der Waals surface area contributed by atoms with E-state index in [-0.39, 0.29) is 17.7 Å². The predicted octanol–water partition coefficient (Wildman–Crippen LogP) is 3.34. The van der Waals surface area contributed by atoms with Gasteiger partial charge in [0.2, 0.25) is 11.0 Å². The molecule has 122 valence electrons. The number of carbonyl (C=O) groups is 2. The van der Waals surface area contributed by atoms with E-state index < -0.39 is 0 Å². The number of rotatable bonds is 6. The minimum atomic E-state index is -0.316. The van der Waals surface area contributed by atoms with Crippen molar-refractivity contribution < 1.29 is 9.59 Å². The molecule has 2 rings (SSSR count). The van der Waals surface area contributed by atoms with E-state index in [4.69, 9.17) is 0 Å². The molecule has 7 heteroatoms. The summed E-state index contributed by atoms with van der Waals surface area (Å²) in [6.07, 6.45) is 1.51. The van der Waals surface area contributed by atoms with Crippen LogP contribution in [0.5, 0.6) is 0 Å². The van der Waals surface area contributed by atoms with Crippen LogP contribution in [0.2, 0.25) is 0 Å². The number of para-hydroxylation sites is 1. The molecule has 1 aromatic heterocycles. The Morgan fingerprint density at radius 3 is 2.57 bits per heavy atom. The summed E-state index contributed by atoms with van der Waals surface area (Å²) in [5.74, 6) is -0.526. The highest BCUT2D eigenvalue weighted by molar-refractivity contribution is 7.15. The summed E-state index contributed by atoms with van der Waals surface area (Å²) in [6.45, 7) is 5.78. The Bertz CT molecular complexity index is 699. The molecule has 0 spiro atoms. The van der Waals surface area contributed by atoms with Crippen molar-refractivity contribution in [3.8, 4) is 0 Å². The normalized spacial score (nSPS) is 11.8. The highest BCUT2D eigenvalue weighted by Gasteiger charge is 2.17. The van der Waals surface area contributed by atoms with Crippen molar-refractivity contribution in [1.29, 1.82) is 0 Å². The summed E-state index contributed by atoms with van der Waals surface area (Å²) in [5.41, 5.74) is 0.896. The molecule has 2 amide bonds. The van der Waals surface area contributed by atoms with Gasteiger partial charge in [0, 0.05) is 5.92 Å². The third-order valence-electron chi connectivity index (χ3n) is 3.48. The van der Waals surface area contributed by atoms with E-state index >= 15 is 0 Å². The summed E-state index contributed by atoms with van der Waals surface area (Å²) in [7, 11) is 0. The van der Waals surface area contributed by atoms with Gasteiger partial charge in [0.15, 0.2) is 0 Å². The van der Waals surface area contributed by atoms with E-state index in [0.717, 1.165) is 17.8 Å². The molecular formula is C16H20N4O2S. The fourth-order valence-corrected chi connectivity index (χ4v) is 2.52. The van der Waals surface area contributed by atoms with E-state index in [1.54, 1.807) is 24.3 Å². The van der Waals surface area contributed by atoms with Crippen LogP contribution in [0, 0.1) is 5.92 Å². The molecule has 0 radical (unpaired) electrons. The van der Waals surface area contributed by atoms with Gasteiger partial charge in [0.1, 0.15) is 5.01 Å². The van der Waals surface area contributed by atoms with Crippen LogP contribution in [0.4, 0.5) is 10.8 Å². The van der Waals surface area contributed by atoms with Crippen LogP contribution in [0.25, 0.3) is 0 Å². The minimum Gasteiger partial charge on any atom is -0.325 e. The van der Waals surface area contributed by atoms with Gasteiger partial charge in [-0.3, -0.25) is 14.9 Å². The van der Waals surface area contributed by atoms with Crippen molar-refractivity contribution in [2.75, 3.05) is 10.6 Å². The van der Waals surface area contributed by atoms with Crippen LogP contribution in [-0.2, 0) is 11.2 Å². The second-order valence-electron chi connectivity index (χ2n) is 5.15. The summed E-state index contributed by atoms with van der Waals surface area (Å²) < 4.78 is 0. The zero-order valence-electron chi connectivity index (χ0n) is 13.4. The van der Waals surface area contributed by atoms with E-state index in [2.05, 4.69) is 20.8 Å². The largest absolute Gasteiger partial charge is 0.325 e. The lowest BCUT2D eigenvalue weighted by molar-refractivity contribution is -0.119. The number of hydrogen-bond donors (Lipinski definition) is 2. The fraction of sp³-hybridized carbons (Fsp3) is 0.375. The first-order valence-corrected chi connectivity index (χ1v) is 8.40. The van der Waals surface area contributed by atoms with Crippen molar-refractivity contribution in [2.45, 2.75) is 33.6 Å². The highest BCUT2D eigenvalue weighted by atomic mass is 32.1. The molecule has 1 aromatic carbocycles. The topological polar surface area (TPSA) is 84.0 Å². The van der Waals surface area contributed by atoms with E-state index in [1.807, 2.05) is 20.8 Å². The maximum Gasteiger partial charge on any atom is 0.259 e. The van der Waals surface area contributed by atoms with Crippen molar-refractivity contribution >= 4 is 34.0 Å². The van der Waals surface area contributed by atoms with Gasteiger partial charge in [-0.2, -0.15) is 0 Å². The fourth-order valence-electron chi connectivity index (χ4n) is 1.84. The monoisotopic (exact) mass is 332 g/mol. The van der Waals surface area contributed by atoms with Crippen molar-refractivity contribution in [3.63, 3.8) is 0 Å². The van der Waals surface area contributed by atoms with Crippen molar-refractivity contribution in [2.24, 2.45) is 5.92 Å². The first-order chi connectivity index (χ1) is 11.0. The van der Waals surface area contributed by atoms with E-state index in [9.17, 15) is 9.59 Å². The van der Waals surface area contributed by atoms with Crippen LogP contribution in [-0.4, -0.2) is 22.0 Å². The Labute approximate surface area is 139 Å². The maximum absolute atomic E-state index is 12.4. The third kappa shape index (κ3) is 4.35. The Morgan fingerprint density at radius 1 is 1.17 bits per heavy atom. The van der Waals surface area contributed by atoms with Crippen LogP contribution in [0.1, 0.15) is 42.6 Å². The van der Waals surface area contributed by atoms with E-state index in [0.29, 0.717) is 16.4 Å². The number of nitrogens with zero attached hydrogens (tertiary/aromatic N) is 2. The summed E-state index contributed by atoms with van der Waals surface area (Å²) >= 11 is 1.34. The number of carbonyl (C=O) groups excluding carboxylic acids is 2. The molecule has 0 saturated carbocycles. The smallest absolute Gasteiger partial charge is 0.259 e. The third-order valence-corrected chi connectivity index (χ3v) is 4.46. The second kappa shape index (κ2) is 7.82. The predicted molar refractivity (Wildman–Crippen MR) is 91.8 cm³/mol.